The Balaban J connectivity index is 0.00000469. The van der Waals surface area contributed by atoms with Gasteiger partial charge in [-0.3, -0.25) is 39.0 Å². The molecule has 6 amide bonds. The highest BCUT2D eigenvalue weighted by atomic mass is 16.5. The van der Waals surface area contributed by atoms with Crippen molar-refractivity contribution in [3.63, 3.8) is 0 Å². The summed E-state index contributed by atoms with van der Waals surface area (Å²) >= 11 is 0. The van der Waals surface area contributed by atoms with Crippen LogP contribution < -0.4 is 26.0 Å². The van der Waals surface area contributed by atoms with E-state index in [1.807, 2.05) is 17.0 Å². The second-order valence-electron chi connectivity index (χ2n) is 15.8. The fraction of sp³-hybridized carbons (Fsp3) is 0.415. The Morgan fingerprint density at radius 3 is 2.39 bits per heavy atom. The van der Waals surface area contributed by atoms with E-state index in [-0.39, 0.29) is 48.7 Å². The fourth-order valence-electron chi connectivity index (χ4n) is 8.58. The van der Waals surface area contributed by atoms with Crippen molar-refractivity contribution in [3.8, 4) is 5.75 Å². The first-order valence-electron chi connectivity index (χ1n) is 19.6. The van der Waals surface area contributed by atoms with Crippen LogP contribution in [0, 0.1) is 11.8 Å². The van der Waals surface area contributed by atoms with Crippen LogP contribution in [0.3, 0.4) is 0 Å². The fourth-order valence-corrected chi connectivity index (χ4v) is 8.58. The van der Waals surface area contributed by atoms with Crippen LogP contribution in [-0.4, -0.2) is 112 Å². The predicted molar refractivity (Wildman–Crippen MR) is 208 cm³/mol. The Morgan fingerprint density at radius 2 is 1.67 bits per heavy atom. The van der Waals surface area contributed by atoms with Crippen LogP contribution in [0.4, 0.5) is 11.4 Å². The van der Waals surface area contributed by atoms with Crippen molar-refractivity contribution in [2.45, 2.75) is 57.2 Å². The van der Waals surface area contributed by atoms with Crippen molar-refractivity contribution in [1.29, 1.82) is 0 Å². The van der Waals surface area contributed by atoms with Gasteiger partial charge in [0.2, 0.25) is 11.8 Å². The first-order chi connectivity index (χ1) is 27.6. The summed E-state index contributed by atoms with van der Waals surface area (Å²) in [6.45, 7) is 5.22. The Labute approximate surface area is 329 Å². The largest absolute Gasteiger partial charge is 0.491 e. The lowest BCUT2D eigenvalue weighted by molar-refractivity contribution is -0.136. The van der Waals surface area contributed by atoms with E-state index in [1.54, 1.807) is 36.7 Å². The van der Waals surface area contributed by atoms with Crippen molar-refractivity contribution in [2.24, 2.45) is 17.6 Å². The molecule has 2 aromatic carbocycles. The van der Waals surface area contributed by atoms with Gasteiger partial charge in [0.15, 0.2) is 5.82 Å². The molecule has 0 bridgehead atoms. The number of fused-ring (bicyclic) bond motifs is 2. The molecule has 4 N–H and O–H groups in total. The molecule has 16 heteroatoms. The van der Waals surface area contributed by atoms with Gasteiger partial charge < -0.3 is 30.5 Å². The molecule has 9 rings (SSSR count). The molecular weight excluding hydrogens is 731 g/mol. The molecule has 5 aliphatic heterocycles. The molecule has 3 aromatic rings. The van der Waals surface area contributed by atoms with Gasteiger partial charge in [-0.15, -0.1) is 0 Å². The number of anilines is 2. The van der Waals surface area contributed by atoms with Crippen molar-refractivity contribution in [1.82, 2.24) is 30.0 Å². The summed E-state index contributed by atoms with van der Waals surface area (Å²) < 4.78 is 6.17. The van der Waals surface area contributed by atoms with Gasteiger partial charge in [0, 0.05) is 88.9 Å². The number of benzene rings is 2. The molecule has 1 atom stereocenters. The van der Waals surface area contributed by atoms with Crippen LogP contribution in [0.2, 0.25) is 0 Å². The average Bonchev–Trinajstić information content (AvgIpc) is 3.93. The number of hydrogen-bond acceptors (Lipinski definition) is 12. The van der Waals surface area contributed by atoms with Gasteiger partial charge in [-0.05, 0) is 80.0 Å². The molecule has 0 radical (unpaired) electrons. The van der Waals surface area contributed by atoms with E-state index in [4.69, 9.17) is 10.5 Å². The molecule has 16 nitrogen and oxygen atoms in total. The Kier molecular flexibility index (Phi) is 9.43. The molecule has 1 aliphatic carbocycles. The Hall–Kier alpha value is -6.16. The zero-order valence-corrected chi connectivity index (χ0v) is 31.3. The van der Waals surface area contributed by atoms with Crippen LogP contribution in [0.25, 0.3) is 5.57 Å². The second kappa shape index (κ2) is 14.7. The summed E-state index contributed by atoms with van der Waals surface area (Å²) in [6, 6.07) is 9.60. The number of ether oxygens (including phenoxy) is 1. The number of likely N-dealkylation sites (tertiary alicyclic amines) is 1. The number of piperidine rings is 2. The number of carbonyl (C=O) groups excluding carboxylic acids is 6. The number of carbonyl (C=O) groups is 6. The monoisotopic (exact) mass is 775 g/mol. The van der Waals surface area contributed by atoms with E-state index in [0.717, 1.165) is 74.6 Å². The average molecular weight is 776 g/mol. The lowest BCUT2D eigenvalue weighted by atomic mass is 9.95. The van der Waals surface area contributed by atoms with Gasteiger partial charge in [0.25, 0.3) is 23.6 Å². The lowest BCUT2D eigenvalue weighted by Crippen LogP contribution is -2.54. The molecular formula is C41H45N9O7. The SMILES string of the molecule is N/C=C(/C(=O)Nc1cc2c(cc1OCC1CC1)C(=O)N(C1CCN(CC3CN(c4ccc5c(c4)C(=O)N(C4CCC(=O)NC4=O)C5=O)C3)CC1)C2)c1ncccn1.[HH]. The van der Waals surface area contributed by atoms with E-state index in [9.17, 15) is 28.8 Å². The maximum absolute atomic E-state index is 13.8. The smallest absolute Gasteiger partial charge is 0.262 e. The molecule has 1 saturated carbocycles. The van der Waals surface area contributed by atoms with Gasteiger partial charge >= 0.3 is 0 Å². The van der Waals surface area contributed by atoms with E-state index in [0.29, 0.717) is 42.0 Å². The molecule has 6 aliphatic rings. The molecule has 0 spiro atoms. The molecule has 57 heavy (non-hydrogen) atoms. The molecule has 1 unspecified atom stereocenters. The summed E-state index contributed by atoms with van der Waals surface area (Å²) in [5.74, 6) is -0.985. The molecule has 1 aromatic heterocycles. The maximum Gasteiger partial charge on any atom is 0.262 e. The first-order valence-corrected chi connectivity index (χ1v) is 19.6. The molecule has 296 valence electrons. The van der Waals surface area contributed by atoms with E-state index < -0.39 is 35.6 Å². The van der Waals surface area contributed by atoms with Crippen LogP contribution >= 0.6 is 0 Å². The number of imide groups is 2. The topological polar surface area (TPSA) is 200 Å². The van der Waals surface area contributed by atoms with Gasteiger partial charge in [-0.2, -0.15) is 0 Å². The highest BCUT2D eigenvalue weighted by Crippen LogP contribution is 2.39. The molecule has 4 fully saturated rings. The van der Waals surface area contributed by atoms with Crippen molar-refractivity contribution in [2.75, 3.05) is 49.5 Å². The number of nitrogens with zero attached hydrogens (tertiary/aromatic N) is 6. The third-order valence-corrected chi connectivity index (χ3v) is 11.9. The van der Waals surface area contributed by atoms with Gasteiger partial charge in [-0.1, -0.05) is 0 Å². The highest BCUT2D eigenvalue weighted by Gasteiger charge is 2.45. The Morgan fingerprint density at radius 1 is 0.912 bits per heavy atom. The van der Waals surface area contributed by atoms with E-state index in [2.05, 4.69) is 30.4 Å². The molecule has 3 saturated heterocycles. The van der Waals surface area contributed by atoms with Crippen LogP contribution in [0.15, 0.2) is 55.0 Å². The minimum atomic E-state index is -0.990. The van der Waals surface area contributed by atoms with Crippen LogP contribution in [-0.2, 0) is 20.9 Å². The van der Waals surface area contributed by atoms with Crippen LogP contribution in [0.5, 0.6) is 5.75 Å². The maximum atomic E-state index is 13.8. The number of nitrogens with one attached hydrogen (secondary N) is 2. The zero-order chi connectivity index (χ0) is 39.4. The minimum Gasteiger partial charge on any atom is -0.491 e. The normalized spacial score (nSPS) is 21.8. The highest BCUT2D eigenvalue weighted by molar-refractivity contribution is 6.25. The van der Waals surface area contributed by atoms with Crippen LogP contribution in [0.1, 0.15) is 82.4 Å². The third-order valence-electron chi connectivity index (χ3n) is 11.9. The Bertz CT molecular complexity index is 2220. The number of rotatable bonds is 11. The zero-order valence-electron chi connectivity index (χ0n) is 31.3. The lowest BCUT2D eigenvalue weighted by Gasteiger charge is -2.45. The summed E-state index contributed by atoms with van der Waals surface area (Å²) in [5.41, 5.74) is 9.26. The minimum absolute atomic E-state index is 0. The first kappa shape index (κ1) is 36.5. The second-order valence-corrected chi connectivity index (χ2v) is 15.8. The summed E-state index contributed by atoms with van der Waals surface area (Å²) in [7, 11) is 0. The summed E-state index contributed by atoms with van der Waals surface area (Å²) in [6.07, 6.45) is 8.34. The van der Waals surface area contributed by atoms with E-state index >= 15 is 0 Å². The van der Waals surface area contributed by atoms with Gasteiger partial charge in [0.1, 0.15) is 11.8 Å². The number of aromatic nitrogens is 2. The third kappa shape index (κ3) is 6.98. The van der Waals surface area contributed by atoms with Crippen molar-refractivity contribution in [3.05, 3.63) is 83.1 Å². The number of hydrogen-bond donors (Lipinski definition) is 3. The summed E-state index contributed by atoms with van der Waals surface area (Å²) in [5, 5.41) is 5.17. The van der Waals surface area contributed by atoms with E-state index in [1.165, 1.54) is 6.20 Å². The van der Waals surface area contributed by atoms with Crippen molar-refractivity contribution >= 4 is 52.4 Å². The van der Waals surface area contributed by atoms with Gasteiger partial charge in [-0.25, -0.2) is 9.97 Å². The van der Waals surface area contributed by atoms with Gasteiger partial charge in [0.05, 0.1) is 29.0 Å². The number of amides is 6. The summed E-state index contributed by atoms with van der Waals surface area (Å²) in [4.78, 5) is 93.6. The van der Waals surface area contributed by atoms with Crippen molar-refractivity contribution < 1.29 is 34.9 Å². The predicted octanol–water partition coefficient (Wildman–Crippen LogP) is 2.41. The quantitative estimate of drug-likeness (QED) is 0.190. The molecule has 6 heterocycles. The number of nitrogens with two attached hydrogens (primary N) is 1. The standard InChI is InChI=1S/C41H43N9O7.H2/c42-17-31(36-43-10-1-11-44-36)37(52)45-32-14-25-21-49(39(54)29(25)16-34(32)57-22-23-2-3-23)26-8-12-47(13-9-26)18-24-19-48(20-24)27-4-5-28-30(15-27)41(56)50(40(28)55)33-6-7-35(51)46-38(33)53;/h1,4-5,10-11,14-17,23-24,26,33H,2-3,6-9,12-13,18-22,42H2,(H,45,52)(H,46,51,53);1H/b31-17+;.